The molecule has 1 aliphatic rings. The monoisotopic (exact) mass is 339 g/mol. The van der Waals surface area contributed by atoms with E-state index in [1.165, 1.54) is 19.3 Å². The van der Waals surface area contributed by atoms with Crippen molar-refractivity contribution >= 4 is 5.91 Å². The van der Waals surface area contributed by atoms with E-state index >= 15 is 0 Å². The first-order valence-corrected chi connectivity index (χ1v) is 9.08. The van der Waals surface area contributed by atoms with E-state index in [0.717, 1.165) is 24.1 Å². The minimum Gasteiger partial charge on any atom is -0.474 e. The van der Waals surface area contributed by atoms with Gasteiger partial charge < -0.3 is 10.1 Å². The number of carbonyl (C=O) groups excluding carboxylic acids is 1. The van der Waals surface area contributed by atoms with Crippen molar-refractivity contribution in [3.05, 3.63) is 54.0 Å². The van der Waals surface area contributed by atoms with Crippen LogP contribution in [0.2, 0.25) is 0 Å². The van der Waals surface area contributed by atoms with Crippen LogP contribution in [0, 0.1) is 0 Å². The van der Waals surface area contributed by atoms with Crippen molar-refractivity contribution in [1.82, 2.24) is 15.3 Å². The van der Waals surface area contributed by atoms with Crippen molar-refractivity contribution in [2.45, 2.75) is 57.6 Å². The molecule has 1 saturated carbocycles. The van der Waals surface area contributed by atoms with Crippen molar-refractivity contribution in [3.63, 3.8) is 0 Å². The molecular formula is C20H25N3O2. The van der Waals surface area contributed by atoms with Crippen LogP contribution in [0.1, 0.15) is 49.8 Å². The van der Waals surface area contributed by atoms with Gasteiger partial charge in [0.2, 0.25) is 11.8 Å². The minimum atomic E-state index is 0.0252. The summed E-state index contributed by atoms with van der Waals surface area (Å²) < 4.78 is 5.98. The van der Waals surface area contributed by atoms with Crippen LogP contribution in [-0.4, -0.2) is 22.0 Å². The summed E-state index contributed by atoms with van der Waals surface area (Å²) in [6.07, 6.45) is 10.8. The van der Waals surface area contributed by atoms with E-state index in [1.807, 2.05) is 30.3 Å². The lowest BCUT2D eigenvalue weighted by molar-refractivity contribution is -0.121. The molecule has 1 fully saturated rings. The van der Waals surface area contributed by atoms with E-state index < -0.39 is 0 Å². The molecule has 0 bridgehead atoms. The maximum atomic E-state index is 12.0. The maximum Gasteiger partial charge on any atom is 0.220 e. The summed E-state index contributed by atoms with van der Waals surface area (Å²) in [7, 11) is 0. The highest BCUT2D eigenvalue weighted by molar-refractivity contribution is 5.76. The normalized spacial score (nSPS) is 14.9. The van der Waals surface area contributed by atoms with E-state index in [4.69, 9.17) is 4.74 Å². The zero-order chi connectivity index (χ0) is 17.3. The molecule has 1 N–H and O–H groups in total. The molecular weight excluding hydrogens is 314 g/mol. The Kier molecular flexibility index (Phi) is 6.37. The molecule has 3 rings (SSSR count). The molecule has 2 aromatic rings. The topological polar surface area (TPSA) is 64.1 Å². The number of nitrogens with one attached hydrogen (secondary N) is 1. The molecule has 5 nitrogen and oxygen atoms in total. The average molecular weight is 339 g/mol. The van der Waals surface area contributed by atoms with Gasteiger partial charge in [0.05, 0.1) is 0 Å². The molecule has 25 heavy (non-hydrogen) atoms. The number of pyridine rings is 2. The standard InChI is InChI=1S/C20H25N3O2/c24-19(10-9-17-6-4-5-12-21-17)23-15-16-11-13-22-20(14-16)25-18-7-2-1-3-8-18/h4-6,11-14,18H,1-3,7-10,15H2,(H,23,24). The fourth-order valence-electron chi connectivity index (χ4n) is 3.06. The molecule has 5 heteroatoms. The van der Waals surface area contributed by atoms with Crippen LogP contribution in [0.15, 0.2) is 42.7 Å². The summed E-state index contributed by atoms with van der Waals surface area (Å²) in [5.74, 6) is 0.685. The molecule has 0 unspecified atom stereocenters. The Morgan fingerprint density at radius 3 is 2.80 bits per heavy atom. The summed E-state index contributed by atoms with van der Waals surface area (Å²) in [4.78, 5) is 20.5. The van der Waals surface area contributed by atoms with Crippen molar-refractivity contribution in [2.75, 3.05) is 0 Å². The lowest BCUT2D eigenvalue weighted by atomic mass is 9.98. The fraction of sp³-hybridized carbons (Fsp3) is 0.450. The predicted octanol–water partition coefficient (Wildman–Crippen LogP) is 3.44. The molecule has 0 atom stereocenters. The fourth-order valence-corrected chi connectivity index (χ4v) is 3.06. The van der Waals surface area contributed by atoms with Gasteiger partial charge in [-0.1, -0.05) is 12.5 Å². The van der Waals surface area contributed by atoms with Gasteiger partial charge in [0.1, 0.15) is 6.10 Å². The smallest absolute Gasteiger partial charge is 0.220 e. The molecule has 0 saturated heterocycles. The number of nitrogens with zero attached hydrogens (tertiary/aromatic N) is 2. The van der Waals surface area contributed by atoms with Crippen molar-refractivity contribution in [1.29, 1.82) is 0 Å². The van der Waals surface area contributed by atoms with Gasteiger partial charge in [-0.3, -0.25) is 9.78 Å². The first-order chi connectivity index (χ1) is 12.3. The Morgan fingerprint density at radius 1 is 1.12 bits per heavy atom. The van der Waals surface area contributed by atoms with E-state index in [-0.39, 0.29) is 12.0 Å². The van der Waals surface area contributed by atoms with Gasteiger partial charge in [-0.2, -0.15) is 0 Å². The number of amides is 1. The van der Waals surface area contributed by atoms with Gasteiger partial charge in [-0.05, 0) is 55.9 Å². The summed E-state index contributed by atoms with van der Waals surface area (Å²) in [5, 5.41) is 2.95. The largest absolute Gasteiger partial charge is 0.474 e. The lowest BCUT2D eigenvalue weighted by Crippen LogP contribution is -2.23. The van der Waals surface area contributed by atoms with Gasteiger partial charge in [-0.15, -0.1) is 0 Å². The second-order valence-electron chi connectivity index (χ2n) is 6.48. The number of carbonyl (C=O) groups is 1. The lowest BCUT2D eigenvalue weighted by Gasteiger charge is -2.22. The second-order valence-corrected chi connectivity index (χ2v) is 6.48. The molecule has 0 aliphatic heterocycles. The third kappa shape index (κ3) is 5.85. The first kappa shape index (κ1) is 17.4. The Morgan fingerprint density at radius 2 is 2.00 bits per heavy atom. The number of ether oxygens (including phenoxy) is 1. The highest BCUT2D eigenvalue weighted by Gasteiger charge is 2.15. The molecule has 2 aromatic heterocycles. The van der Waals surface area contributed by atoms with Crippen molar-refractivity contribution in [2.24, 2.45) is 0 Å². The van der Waals surface area contributed by atoms with Crippen molar-refractivity contribution < 1.29 is 9.53 Å². The molecule has 2 heterocycles. The van der Waals surface area contributed by atoms with E-state index in [2.05, 4.69) is 15.3 Å². The van der Waals surface area contributed by atoms with Crippen LogP contribution in [0.25, 0.3) is 0 Å². The molecule has 0 radical (unpaired) electrons. The van der Waals surface area contributed by atoms with Gasteiger partial charge in [0.15, 0.2) is 0 Å². The Bertz CT molecular complexity index is 670. The highest BCUT2D eigenvalue weighted by atomic mass is 16.5. The summed E-state index contributed by atoms with van der Waals surface area (Å²) in [6.45, 7) is 0.491. The molecule has 1 amide bonds. The molecule has 1 aliphatic carbocycles. The Labute approximate surface area is 148 Å². The average Bonchev–Trinajstić information content (AvgIpc) is 2.67. The zero-order valence-corrected chi connectivity index (χ0v) is 14.5. The van der Waals surface area contributed by atoms with Crippen LogP contribution in [-0.2, 0) is 17.8 Å². The van der Waals surface area contributed by atoms with E-state index in [1.54, 1.807) is 12.4 Å². The first-order valence-electron chi connectivity index (χ1n) is 9.08. The van der Waals surface area contributed by atoms with Crippen LogP contribution < -0.4 is 10.1 Å². The van der Waals surface area contributed by atoms with Gasteiger partial charge in [0, 0.05) is 37.1 Å². The Balaban J connectivity index is 1.44. The third-order valence-electron chi connectivity index (χ3n) is 4.46. The van der Waals surface area contributed by atoms with Crippen LogP contribution >= 0.6 is 0 Å². The van der Waals surface area contributed by atoms with E-state index in [0.29, 0.717) is 25.3 Å². The van der Waals surface area contributed by atoms with Crippen LogP contribution in [0.3, 0.4) is 0 Å². The minimum absolute atomic E-state index is 0.0252. The maximum absolute atomic E-state index is 12.0. The molecule has 0 spiro atoms. The SMILES string of the molecule is O=C(CCc1ccccn1)NCc1ccnc(OC2CCCCC2)c1. The molecule has 0 aromatic carbocycles. The summed E-state index contributed by atoms with van der Waals surface area (Å²) in [6, 6.07) is 9.58. The summed E-state index contributed by atoms with van der Waals surface area (Å²) in [5.41, 5.74) is 1.94. The van der Waals surface area contributed by atoms with Gasteiger partial charge in [-0.25, -0.2) is 4.98 Å². The number of aromatic nitrogens is 2. The van der Waals surface area contributed by atoms with Crippen LogP contribution in [0.5, 0.6) is 5.88 Å². The number of hydrogen-bond donors (Lipinski definition) is 1. The quantitative estimate of drug-likeness (QED) is 0.839. The molecule has 132 valence electrons. The van der Waals surface area contributed by atoms with Gasteiger partial charge in [0.25, 0.3) is 0 Å². The third-order valence-corrected chi connectivity index (χ3v) is 4.46. The second kappa shape index (κ2) is 9.16. The Hall–Kier alpha value is -2.43. The number of aryl methyl sites for hydroxylation is 1. The summed E-state index contributed by atoms with van der Waals surface area (Å²) >= 11 is 0. The zero-order valence-electron chi connectivity index (χ0n) is 14.5. The number of hydrogen-bond acceptors (Lipinski definition) is 4. The predicted molar refractivity (Wildman–Crippen MR) is 96.1 cm³/mol. The van der Waals surface area contributed by atoms with Crippen LogP contribution in [0.4, 0.5) is 0 Å². The van der Waals surface area contributed by atoms with Gasteiger partial charge >= 0.3 is 0 Å². The van der Waals surface area contributed by atoms with E-state index in [9.17, 15) is 4.79 Å². The van der Waals surface area contributed by atoms with Crippen molar-refractivity contribution in [3.8, 4) is 5.88 Å². The number of rotatable bonds is 7. The highest BCUT2D eigenvalue weighted by Crippen LogP contribution is 2.22.